The zero-order valence-electron chi connectivity index (χ0n) is 6.67. The van der Waals surface area contributed by atoms with Crippen LogP contribution in [0.2, 0.25) is 0 Å². The van der Waals surface area contributed by atoms with E-state index in [1.165, 1.54) is 0 Å². The van der Waals surface area contributed by atoms with Crippen LogP contribution in [-0.4, -0.2) is 24.8 Å². The van der Waals surface area contributed by atoms with Crippen molar-refractivity contribution >= 4 is 12.2 Å². The summed E-state index contributed by atoms with van der Waals surface area (Å²) < 4.78 is 4.60. The molecule has 64 valence electrons. The molecule has 0 rings (SSSR count). The highest BCUT2D eigenvalue weighted by molar-refractivity contribution is 6.21. The normalized spacial score (nSPS) is 12.2. The van der Waals surface area contributed by atoms with Crippen LogP contribution >= 0.6 is 0 Å². The van der Waals surface area contributed by atoms with Crippen LogP contribution in [0.3, 0.4) is 0 Å². The standard InChI is InChI=1S/C7H14N2O2/c1-2-3-6(9)5-11-7(10)4-8/h4,6,8H,2-3,5,9H2,1H3. The molecule has 1 atom stereocenters. The molecule has 0 aliphatic rings. The molecule has 0 aromatic heterocycles. The first kappa shape index (κ1) is 10.1. The van der Waals surface area contributed by atoms with Crippen molar-refractivity contribution in [2.45, 2.75) is 25.8 Å². The smallest absolute Gasteiger partial charge is 0.348 e. The average molecular weight is 158 g/mol. The van der Waals surface area contributed by atoms with Gasteiger partial charge in [-0.3, -0.25) is 0 Å². The van der Waals surface area contributed by atoms with Crippen LogP contribution in [0.5, 0.6) is 0 Å². The number of esters is 1. The number of nitrogens with two attached hydrogens (primary N) is 1. The Labute approximate surface area is 66.2 Å². The van der Waals surface area contributed by atoms with Gasteiger partial charge in [0.05, 0.1) is 0 Å². The second-order valence-corrected chi connectivity index (χ2v) is 2.32. The highest BCUT2D eigenvalue weighted by Gasteiger charge is 2.03. The summed E-state index contributed by atoms with van der Waals surface area (Å²) in [7, 11) is 0. The first-order chi connectivity index (χ1) is 5.20. The molecule has 1 unspecified atom stereocenters. The highest BCUT2D eigenvalue weighted by atomic mass is 16.5. The van der Waals surface area contributed by atoms with Crippen LogP contribution < -0.4 is 5.73 Å². The van der Waals surface area contributed by atoms with Gasteiger partial charge in [0.1, 0.15) is 12.8 Å². The molecule has 0 fully saturated rings. The maximum absolute atomic E-state index is 10.4. The molecule has 0 aromatic rings. The summed E-state index contributed by atoms with van der Waals surface area (Å²) in [6, 6.07) is -0.0936. The van der Waals surface area contributed by atoms with E-state index in [0.717, 1.165) is 12.8 Å². The summed E-state index contributed by atoms with van der Waals surface area (Å²) in [5, 5.41) is 6.51. The van der Waals surface area contributed by atoms with Gasteiger partial charge in [-0.1, -0.05) is 13.3 Å². The van der Waals surface area contributed by atoms with E-state index in [4.69, 9.17) is 11.1 Å². The molecule has 4 heteroatoms. The Hall–Kier alpha value is -0.900. The molecule has 0 radical (unpaired) electrons. The molecule has 11 heavy (non-hydrogen) atoms. The largest absolute Gasteiger partial charge is 0.460 e. The number of rotatable bonds is 5. The van der Waals surface area contributed by atoms with E-state index in [1.54, 1.807) is 0 Å². The second-order valence-electron chi connectivity index (χ2n) is 2.32. The predicted octanol–water partition coefficient (Wildman–Crippen LogP) is 0.307. The van der Waals surface area contributed by atoms with E-state index in [-0.39, 0.29) is 12.6 Å². The minimum Gasteiger partial charge on any atom is -0.460 e. The van der Waals surface area contributed by atoms with Crippen molar-refractivity contribution in [1.29, 1.82) is 5.41 Å². The number of carbonyl (C=O) groups is 1. The minimum absolute atomic E-state index is 0.0936. The summed E-state index contributed by atoms with van der Waals surface area (Å²) >= 11 is 0. The molecule has 0 aliphatic heterocycles. The summed E-state index contributed by atoms with van der Waals surface area (Å²) in [5.41, 5.74) is 5.53. The van der Waals surface area contributed by atoms with Gasteiger partial charge in [0.2, 0.25) is 0 Å². The molecule has 0 aliphatic carbocycles. The van der Waals surface area contributed by atoms with Gasteiger partial charge < -0.3 is 15.9 Å². The molecule has 0 saturated carbocycles. The third-order valence-electron chi connectivity index (χ3n) is 1.22. The Bertz CT molecular complexity index is 136. The number of hydrogen-bond acceptors (Lipinski definition) is 4. The van der Waals surface area contributed by atoms with Gasteiger partial charge in [-0.25, -0.2) is 4.79 Å². The number of nitrogens with one attached hydrogen (secondary N) is 1. The van der Waals surface area contributed by atoms with Crippen molar-refractivity contribution < 1.29 is 9.53 Å². The van der Waals surface area contributed by atoms with E-state index in [0.29, 0.717) is 6.21 Å². The third-order valence-corrected chi connectivity index (χ3v) is 1.22. The Morgan fingerprint density at radius 3 is 2.91 bits per heavy atom. The number of ether oxygens (including phenoxy) is 1. The van der Waals surface area contributed by atoms with Crippen molar-refractivity contribution in [3.63, 3.8) is 0 Å². The molecule has 0 heterocycles. The average Bonchev–Trinajstić information content (AvgIpc) is 2.01. The summed E-state index contributed by atoms with van der Waals surface area (Å²) in [6.07, 6.45) is 2.45. The lowest BCUT2D eigenvalue weighted by molar-refractivity contribution is -0.135. The van der Waals surface area contributed by atoms with E-state index in [9.17, 15) is 4.79 Å². The molecule has 0 bridgehead atoms. The number of hydrogen-bond donors (Lipinski definition) is 2. The van der Waals surface area contributed by atoms with Crippen molar-refractivity contribution in [3.8, 4) is 0 Å². The number of carbonyl (C=O) groups excluding carboxylic acids is 1. The lowest BCUT2D eigenvalue weighted by Crippen LogP contribution is -2.27. The van der Waals surface area contributed by atoms with Crippen LogP contribution in [0.4, 0.5) is 0 Å². The first-order valence-electron chi connectivity index (χ1n) is 3.63. The summed E-state index contributed by atoms with van der Waals surface area (Å²) in [6.45, 7) is 2.22. The monoisotopic (exact) mass is 158 g/mol. The molecule has 3 N–H and O–H groups in total. The third kappa shape index (κ3) is 5.54. The molecule has 0 amide bonds. The Kier molecular flexibility index (Phi) is 5.37. The van der Waals surface area contributed by atoms with Crippen LogP contribution in [-0.2, 0) is 9.53 Å². The lowest BCUT2D eigenvalue weighted by Gasteiger charge is -2.08. The van der Waals surface area contributed by atoms with Gasteiger partial charge >= 0.3 is 5.97 Å². The maximum atomic E-state index is 10.4. The minimum atomic E-state index is -0.628. The van der Waals surface area contributed by atoms with Crippen LogP contribution in [0.15, 0.2) is 0 Å². The van der Waals surface area contributed by atoms with E-state index < -0.39 is 5.97 Å². The topological polar surface area (TPSA) is 76.2 Å². The van der Waals surface area contributed by atoms with Crippen molar-refractivity contribution in [2.24, 2.45) is 5.73 Å². The summed E-state index contributed by atoms with van der Waals surface area (Å²) in [5.74, 6) is -0.628. The van der Waals surface area contributed by atoms with Gasteiger partial charge in [0.25, 0.3) is 0 Å². The molecular formula is C7H14N2O2. The van der Waals surface area contributed by atoms with Gasteiger partial charge in [0, 0.05) is 6.04 Å². The predicted molar refractivity (Wildman–Crippen MR) is 42.6 cm³/mol. The fraction of sp³-hybridized carbons (Fsp3) is 0.714. The molecule has 0 spiro atoms. The Balaban J connectivity index is 3.37. The first-order valence-corrected chi connectivity index (χ1v) is 3.63. The van der Waals surface area contributed by atoms with Gasteiger partial charge in [0.15, 0.2) is 0 Å². The molecular weight excluding hydrogens is 144 g/mol. The van der Waals surface area contributed by atoms with Crippen LogP contribution in [0.1, 0.15) is 19.8 Å². The van der Waals surface area contributed by atoms with E-state index >= 15 is 0 Å². The SMILES string of the molecule is CCCC(N)COC(=O)C=N. The fourth-order valence-electron chi connectivity index (χ4n) is 0.685. The Morgan fingerprint density at radius 2 is 2.45 bits per heavy atom. The van der Waals surface area contributed by atoms with Crippen LogP contribution in [0.25, 0.3) is 0 Å². The lowest BCUT2D eigenvalue weighted by atomic mass is 10.2. The van der Waals surface area contributed by atoms with Crippen molar-refractivity contribution in [2.75, 3.05) is 6.61 Å². The Morgan fingerprint density at radius 1 is 1.82 bits per heavy atom. The van der Waals surface area contributed by atoms with Crippen molar-refractivity contribution in [3.05, 3.63) is 0 Å². The van der Waals surface area contributed by atoms with Gasteiger partial charge in [-0.05, 0) is 6.42 Å². The molecule has 4 nitrogen and oxygen atoms in total. The van der Waals surface area contributed by atoms with Crippen LogP contribution in [0, 0.1) is 5.41 Å². The van der Waals surface area contributed by atoms with E-state index in [1.807, 2.05) is 6.92 Å². The highest BCUT2D eigenvalue weighted by Crippen LogP contribution is 1.93. The quantitative estimate of drug-likeness (QED) is 0.446. The van der Waals surface area contributed by atoms with Gasteiger partial charge in [-0.2, -0.15) is 0 Å². The zero-order chi connectivity index (χ0) is 8.69. The van der Waals surface area contributed by atoms with Crippen molar-refractivity contribution in [1.82, 2.24) is 0 Å². The maximum Gasteiger partial charge on any atom is 0.348 e. The summed E-state index contributed by atoms with van der Waals surface area (Å²) in [4.78, 5) is 10.4. The molecule has 0 saturated heterocycles. The zero-order valence-corrected chi connectivity index (χ0v) is 6.67. The van der Waals surface area contributed by atoms with Gasteiger partial charge in [-0.15, -0.1) is 0 Å². The fourth-order valence-corrected chi connectivity index (χ4v) is 0.685. The molecule has 0 aromatic carbocycles. The van der Waals surface area contributed by atoms with E-state index in [2.05, 4.69) is 4.74 Å². The second kappa shape index (κ2) is 5.85.